The molecule has 0 bridgehead atoms. The van der Waals surface area contributed by atoms with Crippen LogP contribution in [0.2, 0.25) is 0 Å². The quantitative estimate of drug-likeness (QED) is 0.574. The lowest BCUT2D eigenvalue weighted by atomic mass is 10.1. The van der Waals surface area contributed by atoms with Gasteiger partial charge in [0.2, 0.25) is 10.0 Å². The Bertz CT molecular complexity index is 1280. The number of hydrogen-bond donors (Lipinski definition) is 2. The minimum Gasteiger partial charge on any atom is -0.484 e. The van der Waals surface area contributed by atoms with Gasteiger partial charge in [0, 0.05) is 23.6 Å². The van der Waals surface area contributed by atoms with Gasteiger partial charge in [-0.2, -0.15) is 0 Å². The second-order valence-electron chi connectivity index (χ2n) is 7.11. The highest BCUT2D eigenvalue weighted by Gasteiger charge is 2.19. The number of fused-ring (bicyclic) bond motifs is 3. The number of primary sulfonamides is 1. The van der Waals surface area contributed by atoms with E-state index in [0.717, 1.165) is 41.3 Å². The van der Waals surface area contributed by atoms with Crippen LogP contribution in [0.1, 0.15) is 23.1 Å². The smallest absolute Gasteiger partial charge is 0.339 e. The van der Waals surface area contributed by atoms with Crippen LogP contribution in [0.15, 0.2) is 56.6 Å². The summed E-state index contributed by atoms with van der Waals surface area (Å²) >= 11 is 0. The standard InChI is InChI=1S/C21H20N2O6S/c22-30(26,27)15-7-4-13(5-8-15)11-23-20(24)12-28-14-6-9-17-16-2-1-3-18(16)21(25)29-19(17)10-14/h4-10H,1-3,11-12H2,(H,23,24)(H2,22,26,27). The van der Waals surface area contributed by atoms with E-state index in [1.165, 1.54) is 12.1 Å². The van der Waals surface area contributed by atoms with E-state index in [1.54, 1.807) is 24.3 Å². The number of amides is 1. The molecule has 0 fully saturated rings. The number of nitrogens with two attached hydrogens (primary N) is 1. The third kappa shape index (κ3) is 4.22. The minimum absolute atomic E-state index is 0.00880. The number of aryl methyl sites for hydroxylation is 1. The topological polar surface area (TPSA) is 129 Å². The van der Waals surface area contributed by atoms with Crippen LogP contribution in [0.5, 0.6) is 5.75 Å². The van der Waals surface area contributed by atoms with Gasteiger partial charge in [0.05, 0.1) is 4.90 Å². The van der Waals surface area contributed by atoms with Crippen molar-refractivity contribution >= 4 is 26.9 Å². The molecule has 2 aromatic carbocycles. The molecule has 0 saturated heterocycles. The average molecular weight is 428 g/mol. The van der Waals surface area contributed by atoms with Gasteiger partial charge in [0.15, 0.2) is 6.61 Å². The summed E-state index contributed by atoms with van der Waals surface area (Å²) in [6, 6.07) is 11.1. The number of rotatable bonds is 6. The Morgan fingerprint density at radius 3 is 2.57 bits per heavy atom. The Labute approximate surface area is 172 Å². The molecule has 9 heteroatoms. The number of hydrogen-bond acceptors (Lipinski definition) is 6. The highest BCUT2D eigenvalue weighted by Crippen LogP contribution is 2.29. The van der Waals surface area contributed by atoms with Crippen LogP contribution in [0.4, 0.5) is 0 Å². The highest BCUT2D eigenvalue weighted by atomic mass is 32.2. The molecule has 1 aliphatic carbocycles. The average Bonchev–Trinajstić information content (AvgIpc) is 3.21. The molecule has 3 N–H and O–H groups in total. The van der Waals surface area contributed by atoms with E-state index in [-0.39, 0.29) is 29.6 Å². The van der Waals surface area contributed by atoms with Crippen molar-refractivity contribution in [3.63, 3.8) is 0 Å². The van der Waals surface area contributed by atoms with Crippen molar-refractivity contribution in [3.05, 3.63) is 69.6 Å². The van der Waals surface area contributed by atoms with Crippen molar-refractivity contribution < 1.29 is 22.4 Å². The molecule has 4 rings (SSSR count). The van der Waals surface area contributed by atoms with Crippen molar-refractivity contribution in [1.29, 1.82) is 0 Å². The van der Waals surface area contributed by atoms with E-state index in [2.05, 4.69) is 5.32 Å². The van der Waals surface area contributed by atoms with Gasteiger partial charge in [-0.15, -0.1) is 0 Å². The first-order valence-electron chi connectivity index (χ1n) is 9.41. The molecule has 156 valence electrons. The molecule has 3 aromatic rings. The van der Waals surface area contributed by atoms with Crippen LogP contribution in [0, 0.1) is 0 Å². The van der Waals surface area contributed by atoms with Gasteiger partial charge in [-0.05, 0) is 54.7 Å². The maximum Gasteiger partial charge on any atom is 0.339 e. The maximum absolute atomic E-state index is 12.1. The molecular weight excluding hydrogens is 408 g/mol. The molecule has 0 radical (unpaired) electrons. The fourth-order valence-corrected chi connectivity index (χ4v) is 4.07. The Balaban J connectivity index is 1.36. The summed E-state index contributed by atoms with van der Waals surface area (Å²) in [7, 11) is -3.75. The van der Waals surface area contributed by atoms with Gasteiger partial charge >= 0.3 is 5.63 Å². The van der Waals surface area contributed by atoms with Gasteiger partial charge in [-0.1, -0.05) is 12.1 Å². The molecule has 30 heavy (non-hydrogen) atoms. The van der Waals surface area contributed by atoms with Crippen molar-refractivity contribution in [2.75, 3.05) is 6.61 Å². The van der Waals surface area contributed by atoms with Crippen molar-refractivity contribution in [3.8, 4) is 5.75 Å². The number of ether oxygens (including phenoxy) is 1. The van der Waals surface area contributed by atoms with Gasteiger partial charge < -0.3 is 14.5 Å². The molecule has 1 aromatic heterocycles. The molecule has 1 amide bonds. The summed E-state index contributed by atoms with van der Waals surface area (Å²) < 4.78 is 33.4. The Kier molecular flexibility index (Phi) is 5.31. The van der Waals surface area contributed by atoms with Crippen LogP contribution in [-0.2, 0) is 34.2 Å². The fraction of sp³-hybridized carbons (Fsp3) is 0.238. The SMILES string of the molecule is NS(=O)(=O)c1ccc(CNC(=O)COc2ccc3c4c(c(=O)oc3c2)CCC4)cc1. The zero-order valence-electron chi connectivity index (χ0n) is 16.0. The monoisotopic (exact) mass is 428 g/mol. The molecule has 0 atom stereocenters. The molecule has 1 heterocycles. The molecule has 0 aliphatic heterocycles. The predicted octanol–water partition coefficient (Wildman–Crippen LogP) is 1.62. The third-order valence-corrected chi connectivity index (χ3v) is 5.99. The summed E-state index contributed by atoms with van der Waals surface area (Å²) in [5, 5.41) is 8.65. The van der Waals surface area contributed by atoms with Gasteiger partial charge in [0.25, 0.3) is 5.91 Å². The van der Waals surface area contributed by atoms with E-state index < -0.39 is 10.0 Å². The zero-order valence-corrected chi connectivity index (χ0v) is 16.8. The Morgan fingerprint density at radius 2 is 1.83 bits per heavy atom. The first-order valence-corrected chi connectivity index (χ1v) is 11.0. The summed E-state index contributed by atoms with van der Waals surface area (Å²) in [5.41, 5.74) is 2.66. The number of benzene rings is 2. The molecule has 0 unspecified atom stereocenters. The van der Waals surface area contributed by atoms with E-state index in [9.17, 15) is 18.0 Å². The lowest BCUT2D eigenvalue weighted by molar-refractivity contribution is -0.123. The summed E-state index contributed by atoms with van der Waals surface area (Å²) in [5.74, 6) is 0.0808. The largest absolute Gasteiger partial charge is 0.484 e. The van der Waals surface area contributed by atoms with E-state index in [1.807, 2.05) is 6.07 Å². The first kappa shape index (κ1) is 20.1. The molecule has 1 aliphatic rings. The second kappa shape index (κ2) is 7.92. The second-order valence-corrected chi connectivity index (χ2v) is 8.67. The zero-order chi connectivity index (χ0) is 21.3. The van der Waals surface area contributed by atoms with Gasteiger partial charge in [0.1, 0.15) is 11.3 Å². The van der Waals surface area contributed by atoms with Crippen molar-refractivity contribution in [1.82, 2.24) is 5.32 Å². The van der Waals surface area contributed by atoms with Gasteiger partial charge in [-0.25, -0.2) is 18.4 Å². The summed E-state index contributed by atoms with van der Waals surface area (Å²) in [6.45, 7) is 0.00175. The van der Waals surface area contributed by atoms with E-state index >= 15 is 0 Å². The first-order chi connectivity index (χ1) is 14.3. The van der Waals surface area contributed by atoms with E-state index in [4.69, 9.17) is 14.3 Å². The number of sulfonamides is 1. The normalized spacial score (nSPS) is 13.2. The number of carbonyl (C=O) groups excluding carboxylic acids is 1. The van der Waals surface area contributed by atoms with Gasteiger partial charge in [-0.3, -0.25) is 4.79 Å². The fourth-order valence-electron chi connectivity index (χ4n) is 3.55. The van der Waals surface area contributed by atoms with Crippen LogP contribution >= 0.6 is 0 Å². The van der Waals surface area contributed by atoms with E-state index in [0.29, 0.717) is 11.3 Å². The Morgan fingerprint density at radius 1 is 1.10 bits per heavy atom. The Hall–Kier alpha value is -3.17. The molecular formula is C21H20N2O6S. The third-order valence-electron chi connectivity index (χ3n) is 5.06. The van der Waals surface area contributed by atoms with Crippen molar-refractivity contribution in [2.24, 2.45) is 5.14 Å². The minimum atomic E-state index is -3.75. The molecule has 0 spiro atoms. The number of nitrogens with one attached hydrogen (secondary N) is 1. The van der Waals surface area contributed by atoms with Crippen LogP contribution in [0.3, 0.4) is 0 Å². The summed E-state index contributed by atoms with van der Waals surface area (Å²) in [4.78, 5) is 24.2. The summed E-state index contributed by atoms with van der Waals surface area (Å²) in [6.07, 6.45) is 2.55. The van der Waals surface area contributed by atoms with Crippen LogP contribution < -0.4 is 20.8 Å². The number of carbonyl (C=O) groups is 1. The maximum atomic E-state index is 12.1. The lowest BCUT2D eigenvalue weighted by Crippen LogP contribution is -2.28. The highest BCUT2D eigenvalue weighted by molar-refractivity contribution is 7.89. The molecule has 0 saturated carbocycles. The van der Waals surface area contributed by atoms with Crippen LogP contribution in [-0.4, -0.2) is 20.9 Å². The predicted molar refractivity (Wildman–Crippen MR) is 110 cm³/mol. The lowest BCUT2D eigenvalue weighted by Gasteiger charge is -2.09. The molecule has 8 nitrogen and oxygen atoms in total. The van der Waals surface area contributed by atoms with Crippen molar-refractivity contribution in [2.45, 2.75) is 30.7 Å². The van der Waals surface area contributed by atoms with Crippen LogP contribution in [0.25, 0.3) is 11.0 Å².